The average Bonchev–Trinajstić information content (AvgIpc) is 4.27. The molecule has 0 unspecified atom stereocenters. The highest BCUT2D eigenvalue weighted by Crippen LogP contribution is 2.66. The molecule has 0 N–H and O–H groups in total. The van der Waals surface area contributed by atoms with Crippen molar-refractivity contribution in [2.45, 2.75) is 10.8 Å². The Bertz CT molecular complexity index is 4130. The Labute approximate surface area is 438 Å². The van der Waals surface area contributed by atoms with Gasteiger partial charge in [0.1, 0.15) is 0 Å². The lowest BCUT2D eigenvalue weighted by Crippen LogP contribution is -2.28. The molecule has 0 aliphatic heterocycles. The van der Waals surface area contributed by atoms with Crippen molar-refractivity contribution in [3.8, 4) is 77.9 Å². The molecule has 348 valence electrons. The maximum atomic E-state index is 2.63. The monoisotopic (exact) mass is 949 g/mol. The van der Waals surface area contributed by atoms with Crippen LogP contribution in [0.4, 0.5) is 17.1 Å². The number of hydrogen-bond donors (Lipinski definition) is 0. The summed E-state index contributed by atoms with van der Waals surface area (Å²) in [5, 5.41) is 0. The SMILES string of the molecule is c1ccc(C2(c3ccccc3)c3ccccc3-c3c(N(c4ccc5c(c4)-c4ccccc4-c4ccccc4-c4ccccc4-5)c4cccc5c4-c4ccccc4C54c5ccccc5-c5ccccc54)cccc32)cc1. The van der Waals surface area contributed by atoms with Crippen molar-refractivity contribution in [3.63, 3.8) is 0 Å². The average molecular weight is 950 g/mol. The van der Waals surface area contributed by atoms with Gasteiger partial charge in [-0.05, 0) is 136 Å². The van der Waals surface area contributed by atoms with E-state index in [-0.39, 0.29) is 0 Å². The summed E-state index contributed by atoms with van der Waals surface area (Å²) in [6.45, 7) is 0. The van der Waals surface area contributed by atoms with Gasteiger partial charge in [-0.15, -0.1) is 0 Å². The fourth-order valence-electron chi connectivity index (χ4n) is 14.4. The van der Waals surface area contributed by atoms with Gasteiger partial charge in [0.2, 0.25) is 0 Å². The number of benzene rings is 12. The van der Waals surface area contributed by atoms with Crippen molar-refractivity contribution in [2.24, 2.45) is 0 Å². The lowest BCUT2D eigenvalue weighted by Gasteiger charge is -2.35. The van der Waals surface area contributed by atoms with Gasteiger partial charge < -0.3 is 4.90 Å². The summed E-state index contributed by atoms with van der Waals surface area (Å²) >= 11 is 0. The van der Waals surface area contributed by atoms with Crippen molar-refractivity contribution in [2.75, 3.05) is 4.90 Å². The molecule has 0 aromatic heterocycles. The Morgan fingerprint density at radius 2 is 0.507 bits per heavy atom. The summed E-state index contributed by atoms with van der Waals surface area (Å²) in [5.74, 6) is 0. The summed E-state index contributed by atoms with van der Waals surface area (Å²) in [5.41, 5.74) is 30.1. The first-order valence-corrected chi connectivity index (χ1v) is 26.3. The normalized spacial score (nSPS) is 13.8. The highest BCUT2D eigenvalue weighted by Gasteiger charge is 2.53. The number of anilines is 3. The Morgan fingerprint density at radius 3 is 0.947 bits per heavy atom. The first kappa shape index (κ1) is 42.0. The Kier molecular flexibility index (Phi) is 8.94. The summed E-state index contributed by atoms with van der Waals surface area (Å²) < 4.78 is 0. The third-order valence-electron chi connectivity index (χ3n) is 17.1. The van der Waals surface area contributed by atoms with Gasteiger partial charge in [0.15, 0.2) is 0 Å². The van der Waals surface area contributed by atoms with E-state index in [4.69, 9.17) is 0 Å². The Hall–Kier alpha value is -9.56. The van der Waals surface area contributed by atoms with Gasteiger partial charge in [0.25, 0.3) is 0 Å². The van der Waals surface area contributed by atoms with E-state index in [1.54, 1.807) is 0 Å². The molecule has 12 aromatic rings. The molecule has 0 heterocycles. The zero-order chi connectivity index (χ0) is 49.2. The van der Waals surface area contributed by atoms with Crippen LogP contribution in [0.15, 0.2) is 285 Å². The standard InChI is InChI=1S/C74H47N/c1-3-23-48(24-4-1)73(49-25-5-2-6-26-49)65-39-19-15-35-60(65)71-67(73)41-21-43-69(71)75(50-45-46-57-55-31-10-9-29-53(55)51-27-7-8-28-52(51)54-30-11-12-32-56(54)62(57)47-50)70-44-22-42-68-72(70)61-36-16-20-40-66(61)74(68)63-37-17-13-33-58(63)59-34-14-18-38-64(59)74/h1-47H. The molecule has 0 bridgehead atoms. The highest BCUT2D eigenvalue weighted by molar-refractivity contribution is 6.07. The maximum Gasteiger partial charge on any atom is 0.0726 e. The molecule has 0 atom stereocenters. The predicted molar refractivity (Wildman–Crippen MR) is 310 cm³/mol. The summed E-state index contributed by atoms with van der Waals surface area (Å²) in [7, 11) is 0. The van der Waals surface area contributed by atoms with Crippen molar-refractivity contribution >= 4 is 17.1 Å². The van der Waals surface area contributed by atoms with E-state index in [0.29, 0.717) is 0 Å². The largest absolute Gasteiger partial charge is 0.309 e. The second-order valence-electron chi connectivity index (χ2n) is 20.5. The van der Waals surface area contributed by atoms with Gasteiger partial charge in [-0.25, -0.2) is 0 Å². The lowest BCUT2D eigenvalue weighted by molar-refractivity contribution is 0.768. The molecule has 0 saturated carbocycles. The highest BCUT2D eigenvalue weighted by atomic mass is 15.1. The molecule has 4 aliphatic carbocycles. The molecule has 0 radical (unpaired) electrons. The zero-order valence-electron chi connectivity index (χ0n) is 41.1. The smallest absolute Gasteiger partial charge is 0.0726 e. The second kappa shape index (κ2) is 16.0. The van der Waals surface area contributed by atoms with Gasteiger partial charge in [-0.3, -0.25) is 0 Å². The molecule has 16 rings (SSSR count). The van der Waals surface area contributed by atoms with Crippen molar-refractivity contribution in [3.05, 3.63) is 330 Å². The van der Waals surface area contributed by atoms with Gasteiger partial charge >= 0.3 is 0 Å². The van der Waals surface area contributed by atoms with Crippen LogP contribution in [0, 0.1) is 0 Å². The van der Waals surface area contributed by atoms with Crippen LogP contribution < -0.4 is 4.90 Å². The molecular formula is C74H47N. The number of nitrogens with zero attached hydrogens (tertiary/aromatic N) is 1. The van der Waals surface area contributed by atoms with Gasteiger partial charge in [-0.1, -0.05) is 261 Å². The van der Waals surface area contributed by atoms with E-state index >= 15 is 0 Å². The molecular weight excluding hydrogens is 903 g/mol. The first-order valence-electron chi connectivity index (χ1n) is 26.3. The lowest BCUT2D eigenvalue weighted by atomic mass is 9.68. The van der Waals surface area contributed by atoms with E-state index in [0.717, 1.165) is 17.1 Å². The van der Waals surface area contributed by atoms with Gasteiger partial charge in [0, 0.05) is 16.8 Å². The molecule has 4 aliphatic rings. The molecule has 1 spiro atoms. The number of rotatable bonds is 5. The predicted octanol–water partition coefficient (Wildman–Crippen LogP) is 18.8. The van der Waals surface area contributed by atoms with Crippen molar-refractivity contribution in [1.29, 1.82) is 0 Å². The molecule has 0 saturated heterocycles. The minimum absolute atomic E-state index is 0.510. The minimum Gasteiger partial charge on any atom is -0.309 e. The number of fused-ring (bicyclic) bond motifs is 21. The van der Waals surface area contributed by atoms with Crippen LogP contribution in [-0.4, -0.2) is 0 Å². The van der Waals surface area contributed by atoms with Crippen LogP contribution in [0.5, 0.6) is 0 Å². The molecule has 1 heteroatoms. The van der Waals surface area contributed by atoms with Gasteiger partial charge in [-0.2, -0.15) is 0 Å². The quantitative estimate of drug-likeness (QED) is 0.166. The Balaban J connectivity index is 1.04. The molecule has 0 fully saturated rings. The summed E-state index contributed by atoms with van der Waals surface area (Å²) in [6, 6.07) is 107. The first-order chi connectivity index (χ1) is 37.3. The van der Waals surface area contributed by atoms with Crippen LogP contribution >= 0.6 is 0 Å². The van der Waals surface area contributed by atoms with Crippen LogP contribution in [-0.2, 0) is 10.8 Å². The topological polar surface area (TPSA) is 3.24 Å². The third kappa shape index (κ3) is 5.57. The van der Waals surface area contributed by atoms with E-state index in [9.17, 15) is 0 Å². The minimum atomic E-state index is -0.579. The van der Waals surface area contributed by atoms with Crippen LogP contribution in [0.1, 0.15) is 44.5 Å². The maximum absolute atomic E-state index is 2.63. The molecule has 1 nitrogen and oxygen atoms in total. The van der Waals surface area contributed by atoms with E-state index in [1.807, 2.05) is 0 Å². The van der Waals surface area contributed by atoms with E-state index < -0.39 is 10.8 Å². The zero-order valence-corrected chi connectivity index (χ0v) is 41.1. The Morgan fingerprint density at radius 1 is 0.200 bits per heavy atom. The number of hydrogen-bond acceptors (Lipinski definition) is 1. The summed E-state index contributed by atoms with van der Waals surface area (Å²) in [4.78, 5) is 2.63. The van der Waals surface area contributed by atoms with Crippen molar-refractivity contribution in [1.82, 2.24) is 0 Å². The second-order valence-corrected chi connectivity index (χ2v) is 20.5. The van der Waals surface area contributed by atoms with Gasteiger partial charge in [0.05, 0.1) is 22.2 Å². The van der Waals surface area contributed by atoms with E-state index in [2.05, 4.69) is 290 Å². The summed E-state index contributed by atoms with van der Waals surface area (Å²) in [6.07, 6.45) is 0. The third-order valence-corrected chi connectivity index (χ3v) is 17.1. The van der Waals surface area contributed by atoms with Crippen LogP contribution in [0.25, 0.3) is 77.9 Å². The van der Waals surface area contributed by atoms with Crippen molar-refractivity contribution < 1.29 is 0 Å². The fraction of sp³-hybridized carbons (Fsp3) is 0.0270. The molecule has 75 heavy (non-hydrogen) atoms. The fourth-order valence-corrected chi connectivity index (χ4v) is 14.4. The van der Waals surface area contributed by atoms with Crippen LogP contribution in [0.3, 0.4) is 0 Å². The van der Waals surface area contributed by atoms with Crippen LogP contribution in [0.2, 0.25) is 0 Å². The molecule has 12 aromatic carbocycles. The molecule has 0 amide bonds. The van der Waals surface area contributed by atoms with E-state index in [1.165, 1.54) is 122 Å².